The Balaban J connectivity index is 1.39. The fourth-order valence-electron chi connectivity index (χ4n) is 3.89. The summed E-state index contributed by atoms with van der Waals surface area (Å²) in [5.41, 5.74) is 3.05. The second-order valence-electron chi connectivity index (χ2n) is 8.20. The summed E-state index contributed by atoms with van der Waals surface area (Å²) < 4.78 is 18.1. The number of halogens is 1. The molecule has 0 bridgehead atoms. The smallest absolute Gasteiger partial charge is 0.348 e. The molecule has 5 rings (SSSR count). The van der Waals surface area contributed by atoms with Crippen molar-refractivity contribution in [1.82, 2.24) is 0 Å². The van der Waals surface area contributed by atoms with Gasteiger partial charge in [-0.15, -0.1) is 0 Å². The minimum absolute atomic E-state index is 0.0984. The molecule has 0 saturated carbocycles. The van der Waals surface area contributed by atoms with Gasteiger partial charge in [-0.05, 0) is 66.2 Å². The molecule has 37 heavy (non-hydrogen) atoms. The minimum atomic E-state index is -0.542. The molecule has 0 fully saturated rings. The van der Waals surface area contributed by atoms with Gasteiger partial charge < -0.3 is 13.9 Å². The van der Waals surface area contributed by atoms with E-state index in [0.717, 1.165) is 15.6 Å². The van der Waals surface area contributed by atoms with Crippen molar-refractivity contribution >= 4 is 44.7 Å². The molecule has 6 heteroatoms. The Morgan fingerprint density at radius 2 is 1.54 bits per heavy atom. The lowest BCUT2D eigenvalue weighted by molar-refractivity contribution is 0.0736. The summed E-state index contributed by atoms with van der Waals surface area (Å²) in [5.74, 6) is 0.770. The summed E-state index contributed by atoms with van der Waals surface area (Å²) in [6.45, 7) is 0. The van der Waals surface area contributed by atoms with Crippen LogP contribution in [0.4, 0.5) is 0 Å². The number of hydrogen-bond acceptors (Lipinski definition) is 5. The SMILES string of the molecule is COc1ccc2oc(-c3ccccc3)c(C(=O)Oc3ccc(/C=C/C(=O)c4ccc(Br)cc4)cc3)c2c1. The van der Waals surface area contributed by atoms with E-state index in [1.807, 2.05) is 42.5 Å². The third-order valence-corrected chi connectivity index (χ3v) is 6.31. The van der Waals surface area contributed by atoms with Crippen LogP contribution in [0, 0.1) is 0 Å². The summed E-state index contributed by atoms with van der Waals surface area (Å²) >= 11 is 3.36. The maximum Gasteiger partial charge on any atom is 0.348 e. The summed E-state index contributed by atoms with van der Waals surface area (Å²) in [7, 11) is 1.57. The van der Waals surface area contributed by atoms with Crippen LogP contribution in [-0.2, 0) is 0 Å². The van der Waals surface area contributed by atoms with E-state index in [1.165, 1.54) is 6.08 Å². The van der Waals surface area contributed by atoms with Crippen molar-refractivity contribution in [2.75, 3.05) is 7.11 Å². The second-order valence-corrected chi connectivity index (χ2v) is 9.11. The van der Waals surface area contributed by atoms with Crippen LogP contribution in [0.3, 0.4) is 0 Å². The first-order valence-electron chi connectivity index (χ1n) is 11.5. The molecular weight excluding hydrogens is 532 g/mol. The van der Waals surface area contributed by atoms with Gasteiger partial charge in [0.25, 0.3) is 0 Å². The lowest BCUT2D eigenvalue weighted by Gasteiger charge is -2.06. The Morgan fingerprint density at radius 3 is 2.24 bits per heavy atom. The number of carbonyl (C=O) groups is 2. The third-order valence-electron chi connectivity index (χ3n) is 5.78. The molecule has 0 N–H and O–H groups in total. The third kappa shape index (κ3) is 5.39. The van der Waals surface area contributed by atoms with Crippen LogP contribution in [0.25, 0.3) is 28.4 Å². The molecule has 0 spiro atoms. The van der Waals surface area contributed by atoms with E-state index in [0.29, 0.717) is 39.4 Å². The number of allylic oxidation sites excluding steroid dienone is 1. The molecular formula is C31H21BrO5. The topological polar surface area (TPSA) is 65.7 Å². The van der Waals surface area contributed by atoms with Gasteiger partial charge in [0.15, 0.2) is 5.78 Å². The number of fused-ring (bicyclic) bond motifs is 1. The summed E-state index contributed by atoms with van der Waals surface area (Å²) in [6.07, 6.45) is 3.24. The van der Waals surface area contributed by atoms with Gasteiger partial charge >= 0.3 is 5.97 Å². The van der Waals surface area contributed by atoms with Crippen LogP contribution in [0.1, 0.15) is 26.3 Å². The molecule has 0 amide bonds. The molecule has 0 atom stereocenters. The molecule has 0 aliphatic heterocycles. The second kappa shape index (κ2) is 10.7. The molecule has 5 nitrogen and oxygen atoms in total. The molecule has 0 aliphatic rings. The number of benzene rings is 4. The molecule has 0 radical (unpaired) electrons. The van der Waals surface area contributed by atoms with Crippen LogP contribution in [0.2, 0.25) is 0 Å². The lowest BCUT2D eigenvalue weighted by atomic mass is 10.1. The molecule has 0 saturated heterocycles. The average molecular weight is 553 g/mol. The predicted octanol–water partition coefficient (Wildman–Crippen LogP) is 7.99. The van der Waals surface area contributed by atoms with Crippen LogP contribution in [0.15, 0.2) is 112 Å². The van der Waals surface area contributed by atoms with Crippen LogP contribution >= 0.6 is 15.9 Å². The van der Waals surface area contributed by atoms with Crippen molar-refractivity contribution in [3.8, 4) is 22.8 Å². The van der Waals surface area contributed by atoms with Crippen molar-refractivity contribution in [3.63, 3.8) is 0 Å². The Morgan fingerprint density at radius 1 is 0.838 bits per heavy atom. The number of furan rings is 1. The summed E-state index contributed by atoms with van der Waals surface area (Å²) in [5, 5.41) is 0.606. The average Bonchev–Trinajstić information content (AvgIpc) is 3.32. The molecule has 182 valence electrons. The zero-order valence-electron chi connectivity index (χ0n) is 19.8. The van der Waals surface area contributed by atoms with Gasteiger partial charge in [-0.1, -0.05) is 64.5 Å². The van der Waals surface area contributed by atoms with E-state index in [4.69, 9.17) is 13.9 Å². The number of ether oxygens (including phenoxy) is 2. The van der Waals surface area contributed by atoms with E-state index in [1.54, 1.807) is 67.8 Å². The van der Waals surface area contributed by atoms with Crippen molar-refractivity contribution in [2.45, 2.75) is 0 Å². The summed E-state index contributed by atoms with van der Waals surface area (Å²) in [4.78, 5) is 25.8. The highest BCUT2D eigenvalue weighted by molar-refractivity contribution is 9.10. The maximum atomic E-state index is 13.4. The van der Waals surface area contributed by atoms with Crippen molar-refractivity contribution in [1.29, 1.82) is 0 Å². The van der Waals surface area contributed by atoms with Gasteiger partial charge in [-0.3, -0.25) is 4.79 Å². The zero-order valence-corrected chi connectivity index (χ0v) is 21.4. The largest absolute Gasteiger partial charge is 0.497 e. The molecule has 4 aromatic carbocycles. The number of methoxy groups -OCH3 is 1. The van der Waals surface area contributed by atoms with E-state index in [-0.39, 0.29) is 5.78 Å². The predicted molar refractivity (Wildman–Crippen MR) is 147 cm³/mol. The Bertz CT molecular complexity index is 1600. The van der Waals surface area contributed by atoms with Crippen molar-refractivity contribution in [2.24, 2.45) is 0 Å². The molecule has 0 aliphatic carbocycles. The summed E-state index contributed by atoms with van der Waals surface area (Å²) in [6, 6.07) is 28.8. The number of rotatable bonds is 7. The van der Waals surface area contributed by atoms with Crippen LogP contribution < -0.4 is 9.47 Å². The van der Waals surface area contributed by atoms with E-state index in [2.05, 4.69) is 15.9 Å². The first kappa shape index (κ1) is 24.3. The fourth-order valence-corrected chi connectivity index (χ4v) is 4.15. The van der Waals surface area contributed by atoms with Crippen LogP contribution in [-0.4, -0.2) is 18.9 Å². The molecule has 1 heterocycles. The van der Waals surface area contributed by atoms with Gasteiger partial charge in [0.2, 0.25) is 0 Å². The highest BCUT2D eigenvalue weighted by Gasteiger charge is 2.24. The van der Waals surface area contributed by atoms with Gasteiger partial charge in [0.05, 0.1) is 7.11 Å². The van der Waals surface area contributed by atoms with Crippen LogP contribution in [0.5, 0.6) is 11.5 Å². The number of ketones is 1. The fraction of sp³-hybridized carbons (Fsp3) is 0.0323. The van der Waals surface area contributed by atoms with E-state index < -0.39 is 5.97 Å². The Labute approximate surface area is 222 Å². The van der Waals surface area contributed by atoms with Crippen molar-refractivity contribution in [3.05, 3.63) is 124 Å². The molecule has 0 unspecified atom stereocenters. The maximum absolute atomic E-state index is 13.4. The number of hydrogen-bond donors (Lipinski definition) is 0. The van der Waals surface area contributed by atoms with Gasteiger partial charge in [0.1, 0.15) is 28.4 Å². The number of esters is 1. The first-order chi connectivity index (χ1) is 18.0. The zero-order chi connectivity index (χ0) is 25.8. The Hall–Kier alpha value is -4.42. The highest BCUT2D eigenvalue weighted by atomic mass is 79.9. The minimum Gasteiger partial charge on any atom is -0.497 e. The normalized spacial score (nSPS) is 11.1. The monoisotopic (exact) mass is 552 g/mol. The van der Waals surface area contributed by atoms with E-state index in [9.17, 15) is 9.59 Å². The molecule has 1 aromatic heterocycles. The quantitative estimate of drug-likeness (QED) is 0.0885. The highest BCUT2D eigenvalue weighted by Crippen LogP contribution is 2.36. The van der Waals surface area contributed by atoms with Gasteiger partial charge in [-0.2, -0.15) is 0 Å². The first-order valence-corrected chi connectivity index (χ1v) is 12.3. The van der Waals surface area contributed by atoms with E-state index >= 15 is 0 Å². The standard InChI is InChI=1S/C31H21BrO5/c1-35-25-16-18-28-26(19-25)29(30(37-28)22-5-3-2-4-6-22)31(34)36-24-14-7-20(8-15-24)9-17-27(33)21-10-12-23(32)13-11-21/h2-19H,1H3/b17-9+. The van der Waals surface area contributed by atoms with Crippen molar-refractivity contribution < 1.29 is 23.5 Å². The lowest BCUT2D eigenvalue weighted by Crippen LogP contribution is -2.09. The number of carbonyl (C=O) groups excluding carboxylic acids is 2. The Kier molecular flexibility index (Phi) is 7.01. The van der Waals surface area contributed by atoms with Gasteiger partial charge in [0, 0.05) is 21.0 Å². The van der Waals surface area contributed by atoms with Gasteiger partial charge in [-0.25, -0.2) is 4.79 Å². The molecule has 5 aromatic rings.